The Labute approximate surface area is 159 Å². The van der Waals surface area contributed by atoms with Crippen molar-refractivity contribution in [2.24, 2.45) is 0 Å². The number of rotatable bonds is 6. The lowest BCUT2D eigenvalue weighted by Crippen LogP contribution is -2.37. The largest absolute Gasteiger partial charge is 0.417 e. The van der Waals surface area contributed by atoms with Crippen molar-refractivity contribution < 1.29 is 14.3 Å². The van der Waals surface area contributed by atoms with E-state index in [1.807, 2.05) is 6.92 Å². The Bertz CT molecular complexity index is 698. The number of benzene rings is 1. The standard InChI is InChI=1S/C21H24ClNO3/c1-2-3-5-10-20(24)26-19(15-16-11-13-17(22)14-12-16)21(25)23-18-8-6-4-7-9-18/h2-3,5,10-15,18H,4,6-9H2,1H3,(H,23,25)/b3-2+,10-5+,19-15-. The van der Waals surface area contributed by atoms with Crippen LogP contribution in [0.1, 0.15) is 44.6 Å². The molecule has 1 aromatic rings. The van der Waals surface area contributed by atoms with Crippen molar-refractivity contribution in [2.45, 2.75) is 45.1 Å². The van der Waals surface area contributed by atoms with Gasteiger partial charge in [0.15, 0.2) is 5.76 Å². The number of ether oxygens (including phenoxy) is 1. The summed E-state index contributed by atoms with van der Waals surface area (Å²) in [6, 6.07) is 7.09. The number of nitrogens with one attached hydrogen (secondary N) is 1. The topological polar surface area (TPSA) is 55.4 Å². The summed E-state index contributed by atoms with van der Waals surface area (Å²) < 4.78 is 5.29. The van der Waals surface area contributed by atoms with Crippen molar-refractivity contribution in [1.29, 1.82) is 0 Å². The molecule has 1 aliphatic rings. The Morgan fingerprint density at radius 2 is 1.81 bits per heavy atom. The van der Waals surface area contributed by atoms with Gasteiger partial charge in [-0.25, -0.2) is 4.79 Å². The zero-order valence-corrected chi connectivity index (χ0v) is 15.7. The summed E-state index contributed by atoms with van der Waals surface area (Å²) in [5.41, 5.74) is 0.730. The molecular formula is C21H24ClNO3. The van der Waals surface area contributed by atoms with Gasteiger partial charge in [-0.15, -0.1) is 0 Å². The van der Waals surface area contributed by atoms with E-state index in [2.05, 4.69) is 5.32 Å². The highest BCUT2D eigenvalue weighted by Gasteiger charge is 2.20. The van der Waals surface area contributed by atoms with E-state index in [-0.39, 0.29) is 17.7 Å². The normalized spacial score (nSPS) is 16.2. The number of carbonyl (C=O) groups is 2. The van der Waals surface area contributed by atoms with Gasteiger partial charge in [0.2, 0.25) is 0 Å². The molecule has 138 valence electrons. The van der Waals surface area contributed by atoms with Crippen molar-refractivity contribution >= 4 is 29.6 Å². The lowest BCUT2D eigenvalue weighted by Gasteiger charge is -2.23. The van der Waals surface area contributed by atoms with E-state index in [1.54, 1.807) is 48.6 Å². The fourth-order valence-electron chi connectivity index (χ4n) is 2.74. The number of carbonyl (C=O) groups excluding carboxylic acids is 2. The maximum absolute atomic E-state index is 12.6. The van der Waals surface area contributed by atoms with Crippen molar-refractivity contribution in [3.63, 3.8) is 0 Å². The van der Waals surface area contributed by atoms with Crippen LogP contribution in [0.3, 0.4) is 0 Å². The van der Waals surface area contributed by atoms with Crippen LogP contribution in [0, 0.1) is 0 Å². The molecular weight excluding hydrogens is 350 g/mol. The third kappa shape index (κ3) is 6.89. The van der Waals surface area contributed by atoms with Gasteiger partial charge in [-0.2, -0.15) is 0 Å². The number of hydrogen-bond acceptors (Lipinski definition) is 3. The average molecular weight is 374 g/mol. The van der Waals surface area contributed by atoms with Gasteiger partial charge >= 0.3 is 5.97 Å². The second-order valence-corrected chi connectivity index (χ2v) is 6.61. The van der Waals surface area contributed by atoms with Gasteiger partial charge in [0.05, 0.1) is 0 Å². The molecule has 2 rings (SSSR count). The Kier molecular flexibility index (Phi) is 8.16. The molecule has 1 aromatic carbocycles. The van der Waals surface area contributed by atoms with Crippen LogP contribution >= 0.6 is 11.6 Å². The summed E-state index contributed by atoms with van der Waals surface area (Å²) in [5, 5.41) is 3.57. The first-order chi connectivity index (χ1) is 12.6. The molecule has 0 saturated heterocycles. The summed E-state index contributed by atoms with van der Waals surface area (Å²) in [5.74, 6) is -0.991. The second kappa shape index (κ2) is 10.6. The molecule has 1 fully saturated rings. The van der Waals surface area contributed by atoms with Crippen LogP contribution < -0.4 is 5.32 Å². The molecule has 0 unspecified atom stereocenters. The summed E-state index contributed by atoms with van der Waals surface area (Å²) in [6.45, 7) is 1.85. The van der Waals surface area contributed by atoms with E-state index in [0.29, 0.717) is 5.02 Å². The van der Waals surface area contributed by atoms with Crippen molar-refractivity contribution in [3.8, 4) is 0 Å². The molecule has 0 bridgehead atoms. The number of esters is 1. The summed E-state index contributed by atoms with van der Waals surface area (Å²) in [4.78, 5) is 24.6. The molecule has 5 heteroatoms. The molecule has 0 radical (unpaired) electrons. The molecule has 0 atom stereocenters. The van der Waals surface area contributed by atoms with Gasteiger partial charge < -0.3 is 10.1 Å². The van der Waals surface area contributed by atoms with Gasteiger partial charge in [-0.3, -0.25) is 4.79 Å². The van der Waals surface area contributed by atoms with Crippen molar-refractivity contribution in [2.75, 3.05) is 0 Å². The van der Waals surface area contributed by atoms with Crippen LogP contribution in [-0.2, 0) is 14.3 Å². The van der Waals surface area contributed by atoms with E-state index in [9.17, 15) is 9.59 Å². The zero-order valence-electron chi connectivity index (χ0n) is 14.9. The second-order valence-electron chi connectivity index (χ2n) is 6.17. The maximum Gasteiger partial charge on any atom is 0.336 e. The predicted octanol–water partition coefficient (Wildman–Crippen LogP) is 4.81. The molecule has 0 aromatic heterocycles. The van der Waals surface area contributed by atoms with Gasteiger partial charge in [-0.1, -0.05) is 61.2 Å². The van der Waals surface area contributed by atoms with Gasteiger partial charge in [0.25, 0.3) is 5.91 Å². The van der Waals surface area contributed by atoms with Gasteiger partial charge in [-0.05, 0) is 43.5 Å². The molecule has 0 aliphatic heterocycles. The molecule has 1 aliphatic carbocycles. The lowest BCUT2D eigenvalue weighted by molar-refractivity contribution is -0.138. The van der Waals surface area contributed by atoms with Crippen molar-refractivity contribution in [1.82, 2.24) is 5.32 Å². The molecule has 4 nitrogen and oxygen atoms in total. The van der Waals surface area contributed by atoms with Crippen molar-refractivity contribution in [3.05, 3.63) is 64.9 Å². The molecule has 1 saturated carbocycles. The lowest BCUT2D eigenvalue weighted by atomic mass is 9.95. The first-order valence-corrected chi connectivity index (χ1v) is 9.25. The van der Waals surface area contributed by atoms with Crippen LogP contribution in [0.4, 0.5) is 0 Å². The molecule has 1 N–H and O–H groups in total. The highest BCUT2D eigenvalue weighted by atomic mass is 35.5. The highest BCUT2D eigenvalue weighted by Crippen LogP contribution is 2.19. The van der Waals surface area contributed by atoms with E-state index < -0.39 is 5.97 Å². The quantitative estimate of drug-likeness (QED) is 0.337. The van der Waals surface area contributed by atoms with E-state index in [0.717, 1.165) is 31.2 Å². The Balaban J connectivity index is 2.15. The first kappa shape index (κ1) is 20.0. The third-order valence-corrected chi connectivity index (χ3v) is 4.33. The Hall–Kier alpha value is -2.33. The molecule has 0 spiro atoms. The van der Waals surface area contributed by atoms with E-state index in [4.69, 9.17) is 16.3 Å². The van der Waals surface area contributed by atoms with Crippen LogP contribution in [0.2, 0.25) is 5.02 Å². The van der Waals surface area contributed by atoms with Crippen LogP contribution in [0.25, 0.3) is 6.08 Å². The minimum absolute atomic E-state index is 0.0203. The average Bonchev–Trinajstić information content (AvgIpc) is 2.64. The molecule has 1 amide bonds. The molecule has 0 heterocycles. The Morgan fingerprint density at radius 1 is 1.12 bits per heavy atom. The number of amides is 1. The summed E-state index contributed by atoms with van der Waals surface area (Å²) in [6.07, 6.45) is 13.2. The predicted molar refractivity (Wildman–Crippen MR) is 104 cm³/mol. The van der Waals surface area contributed by atoms with E-state index in [1.165, 1.54) is 12.5 Å². The fraction of sp³-hybridized carbons (Fsp3) is 0.333. The number of halogens is 1. The minimum Gasteiger partial charge on any atom is -0.417 e. The summed E-state index contributed by atoms with van der Waals surface area (Å²) >= 11 is 5.89. The number of hydrogen-bond donors (Lipinski definition) is 1. The zero-order chi connectivity index (χ0) is 18.8. The first-order valence-electron chi connectivity index (χ1n) is 8.88. The maximum atomic E-state index is 12.6. The summed E-state index contributed by atoms with van der Waals surface area (Å²) in [7, 11) is 0. The van der Waals surface area contributed by atoms with Gasteiger partial charge in [0, 0.05) is 17.1 Å². The Morgan fingerprint density at radius 3 is 2.46 bits per heavy atom. The monoisotopic (exact) mass is 373 g/mol. The molecule has 26 heavy (non-hydrogen) atoms. The van der Waals surface area contributed by atoms with Crippen LogP contribution in [-0.4, -0.2) is 17.9 Å². The smallest absolute Gasteiger partial charge is 0.336 e. The van der Waals surface area contributed by atoms with Crippen LogP contribution in [0.15, 0.2) is 54.3 Å². The van der Waals surface area contributed by atoms with E-state index >= 15 is 0 Å². The SMILES string of the molecule is C/C=C/C=C/C(=O)O/C(=C\c1ccc(Cl)cc1)C(=O)NC1CCCCC1. The third-order valence-electron chi connectivity index (χ3n) is 4.08. The fourth-order valence-corrected chi connectivity index (χ4v) is 2.87. The van der Waals surface area contributed by atoms with Crippen LogP contribution in [0.5, 0.6) is 0 Å². The highest BCUT2D eigenvalue weighted by molar-refractivity contribution is 6.30. The number of allylic oxidation sites excluding steroid dienone is 3. The minimum atomic E-state index is -0.595. The van der Waals surface area contributed by atoms with Gasteiger partial charge in [0.1, 0.15) is 0 Å².